The van der Waals surface area contributed by atoms with E-state index in [1.807, 2.05) is 30.3 Å². The number of hydrogen-bond acceptors (Lipinski definition) is 0. The number of rotatable bonds is 4. The molecule has 0 saturated carbocycles. The molecule has 11 aromatic rings. The van der Waals surface area contributed by atoms with Crippen LogP contribution in [0.3, 0.4) is 0 Å². The predicted octanol–water partition coefficient (Wildman–Crippen LogP) is 12.6. The van der Waals surface area contributed by atoms with Gasteiger partial charge in [-0.1, -0.05) is 121 Å². The van der Waals surface area contributed by atoms with E-state index in [-0.39, 0.29) is 27.5 Å². The van der Waals surface area contributed by atoms with E-state index in [4.69, 9.17) is 16.4 Å². The molecule has 51 heavy (non-hydrogen) atoms. The molecule has 3 heteroatoms. The predicted molar refractivity (Wildman–Crippen MR) is 215 cm³/mol. The van der Waals surface area contributed by atoms with Gasteiger partial charge >= 0.3 is 0 Å². The van der Waals surface area contributed by atoms with Crippen LogP contribution >= 0.6 is 0 Å². The molecule has 238 valence electrons. The van der Waals surface area contributed by atoms with Gasteiger partial charge in [-0.05, 0) is 77.6 Å². The van der Waals surface area contributed by atoms with Crippen molar-refractivity contribution in [3.05, 3.63) is 188 Å². The average molecular weight is 672 g/mol. The highest BCUT2D eigenvalue weighted by molar-refractivity contribution is 6.17. The van der Waals surface area contributed by atoms with Crippen molar-refractivity contribution in [3.8, 4) is 28.2 Å². The molecule has 3 nitrogen and oxygen atoms in total. The normalized spacial score (nSPS) is 18.0. The molecule has 11 rings (SSSR count). The Morgan fingerprint density at radius 1 is 0.353 bits per heavy atom. The van der Waals surface area contributed by atoms with Gasteiger partial charge in [0.15, 0.2) is 0 Å². The van der Waals surface area contributed by atoms with Crippen LogP contribution in [0.5, 0.6) is 0 Å². The molecule has 0 amide bonds. The zero-order valence-corrected chi connectivity index (χ0v) is 26.0. The van der Waals surface area contributed by atoms with Crippen molar-refractivity contribution in [1.29, 1.82) is 0 Å². The van der Waals surface area contributed by atoms with Crippen molar-refractivity contribution < 1.29 is 30.2 Å². The van der Waals surface area contributed by atoms with Crippen LogP contribution in [0.4, 0.5) is 0 Å². The summed E-state index contributed by atoms with van der Waals surface area (Å²) >= 11 is 0. The minimum absolute atomic E-state index is 0.204. The van der Waals surface area contributed by atoms with Gasteiger partial charge in [0.05, 0.1) is 68.9 Å². The Kier molecular flexibility index (Phi) is 3.01. The zero-order chi connectivity index (χ0) is 52.6. The third kappa shape index (κ3) is 4.06. The van der Waals surface area contributed by atoms with E-state index >= 15 is 0 Å². The molecule has 0 aliphatic heterocycles. The number of nitrogens with zero attached hydrogens (tertiary/aromatic N) is 3. The van der Waals surface area contributed by atoms with Crippen molar-refractivity contribution >= 4 is 65.4 Å². The van der Waals surface area contributed by atoms with Crippen molar-refractivity contribution in [2.75, 3.05) is 0 Å². The Morgan fingerprint density at radius 2 is 0.882 bits per heavy atom. The Balaban J connectivity index is 1.41. The first kappa shape index (κ1) is 14.2. The second kappa shape index (κ2) is 10.8. The lowest BCUT2D eigenvalue weighted by molar-refractivity contribution is 1.16. The van der Waals surface area contributed by atoms with Crippen molar-refractivity contribution in [1.82, 2.24) is 13.7 Å². The molecule has 0 N–H and O–H groups in total. The fourth-order valence-electron chi connectivity index (χ4n) is 6.92. The standard InChI is InChI=1S/C48H31N3/c1-2-14-32(15-3-1)33-16-12-17-34(30-33)50-44-25-11-7-21-39(44)48-46(50)26-13-27-47(48)51-43-24-10-6-20-38(43)40-31-35(28-29-45(40)51)49-41-22-8-4-18-36(41)37-19-5-9-23-42(37)49/h1-31H/i4D,5D,6D,7D,8D,9D,10D,11D,13D,18D,19D,20D,21D,22D,23D,24D,25D,26D,27D,28D,29D,31D. The third-order valence-corrected chi connectivity index (χ3v) is 9.04. The molecule has 0 spiro atoms. The van der Waals surface area contributed by atoms with Crippen LogP contribution in [0.15, 0.2) is 188 Å². The van der Waals surface area contributed by atoms with Crippen LogP contribution in [0.25, 0.3) is 93.6 Å². The summed E-state index contributed by atoms with van der Waals surface area (Å²) in [5.41, 5.74) is -2.08. The van der Waals surface area contributed by atoms with Crippen LogP contribution in [0.2, 0.25) is 0 Å². The molecule has 8 aromatic carbocycles. The van der Waals surface area contributed by atoms with E-state index in [2.05, 4.69) is 0 Å². The van der Waals surface area contributed by atoms with E-state index in [0.717, 1.165) is 14.7 Å². The Bertz CT molecular complexity index is 4320. The summed E-state index contributed by atoms with van der Waals surface area (Å²) < 4.78 is 205. The number of fused-ring (bicyclic) bond motifs is 9. The minimum Gasteiger partial charge on any atom is -0.309 e. The maximum atomic E-state index is 10.0. The maximum absolute atomic E-state index is 10.0. The smallest absolute Gasteiger partial charge is 0.0652 e. The van der Waals surface area contributed by atoms with Gasteiger partial charge in [0.25, 0.3) is 0 Å². The van der Waals surface area contributed by atoms with E-state index in [9.17, 15) is 13.7 Å². The summed E-state index contributed by atoms with van der Waals surface area (Å²) in [5, 5.41) is -2.38. The molecule has 0 aliphatic carbocycles. The van der Waals surface area contributed by atoms with Gasteiger partial charge in [-0.2, -0.15) is 0 Å². The van der Waals surface area contributed by atoms with Gasteiger partial charge in [0, 0.05) is 43.7 Å². The number of hydrogen-bond donors (Lipinski definition) is 0. The Hall–Kier alpha value is -6.84. The number of benzene rings is 8. The Labute approximate surface area is 325 Å². The second-order valence-electron chi connectivity index (χ2n) is 11.7. The first-order valence-electron chi connectivity index (χ1n) is 26.7. The average Bonchev–Trinajstić information content (AvgIpc) is 4.05. The van der Waals surface area contributed by atoms with Crippen molar-refractivity contribution in [2.24, 2.45) is 0 Å². The van der Waals surface area contributed by atoms with Gasteiger partial charge in [-0.25, -0.2) is 0 Å². The van der Waals surface area contributed by atoms with Gasteiger partial charge in [-0.15, -0.1) is 0 Å². The summed E-state index contributed by atoms with van der Waals surface area (Å²) in [5.74, 6) is 0. The molecule has 0 radical (unpaired) electrons. The van der Waals surface area contributed by atoms with Crippen molar-refractivity contribution in [3.63, 3.8) is 0 Å². The van der Waals surface area contributed by atoms with E-state index < -0.39 is 188 Å². The van der Waals surface area contributed by atoms with Crippen LogP contribution in [-0.2, 0) is 0 Å². The lowest BCUT2D eigenvalue weighted by atomic mass is 10.1. The largest absolute Gasteiger partial charge is 0.309 e. The first-order valence-corrected chi connectivity index (χ1v) is 15.7. The van der Waals surface area contributed by atoms with Crippen LogP contribution in [-0.4, -0.2) is 13.7 Å². The van der Waals surface area contributed by atoms with Crippen LogP contribution in [0.1, 0.15) is 30.2 Å². The highest BCUT2D eigenvalue weighted by atomic mass is 15.0. The van der Waals surface area contributed by atoms with Crippen LogP contribution in [0, 0.1) is 0 Å². The molecule has 0 bridgehead atoms. The van der Waals surface area contributed by atoms with Crippen LogP contribution < -0.4 is 0 Å². The van der Waals surface area contributed by atoms with E-state index in [1.165, 1.54) is 4.57 Å². The summed E-state index contributed by atoms with van der Waals surface area (Å²) in [6.45, 7) is 0. The quantitative estimate of drug-likeness (QED) is 0.177. The molecular formula is C48H31N3. The highest BCUT2D eigenvalue weighted by Crippen LogP contribution is 2.41. The SMILES string of the molecule is [2H]c1c([2H])c([2H])c2c(c1[2H])c1c(-n3c4c([2H])c([2H])c([2H])c([2H])c4c4c([2H])c(-n5c6c([2H])c([2H])c([2H])c([2H])c6c6c([2H])c([2H])c([2H])c([2H])c65)c([2H])c([2H])c43)c([2H])c([2H])c([2H])c1n2-c1cccc(-c2ccccc2)c1. The Morgan fingerprint density at radius 3 is 1.59 bits per heavy atom. The van der Waals surface area contributed by atoms with E-state index in [0.29, 0.717) is 5.56 Å². The summed E-state index contributed by atoms with van der Waals surface area (Å²) in [4.78, 5) is 0. The van der Waals surface area contributed by atoms with Gasteiger partial charge in [0.2, 0.25) is 0 Å². The summed E-state index contributed by atoms with van der Waals surface area (Å²) in [7, 11) is 0. The third-order valence-electron chi connectivity index (χ3n) is 9.04. The van der Waals surface area contributed by atoms with Gasteiger partial charge in [0.1, 0.15) is 0 Å². The highest BCUT2D eigenvalue weighted by Gasteiger charge is 2.20. The topological polar surface area (TPSA) is 14.8 Å². The number of para-hydroxylation sites is 4. The fraction of sp³-hybridized carbons (Fsp3) is 0. The molecule has 0 atom stereocenters. The second-order valence-corrected chi connectivity index (χ2v) is 11.7. The molecule has 0 unspecified atom stereocenters. The first-order chi connectivity index (χ1) is 34.5. The summed E-state index contributed by atoms with van der Waals surface area (Å²) in [6.07, 6.45) is 0. The molecular weight excluding hydrogens is 619 g/mol. The van der Waals surface area contributed by atoms with Gasteiger partial charge in [-0.3, -0.25) is 0 Å². The lowest BCUT2D eigenvalue weighted by Gasteiger charge is -2.13. The molecule has 0 aliphatic rings. The van der Waals surface area contributed by atoms with Crippen molar-refractivity contribution in [2.45, 2.75) is 0 Å². The molecule has 3 heterocycles. The summed E-state index contributed by atoms with van der Waals surface area (Å²) in [6, 6.07) is -1.05. The molecule has 0 saturated heterocycles. The maximum Gasteiger partial charge on any atom is 0.0652 e. The minimum atomic E-state index is -0.927. The fourth-order valence-corrected chi connectivity index (χ4v) is 6.92. The van der Waals surface area contributed by atoms with E-state index in [1.54, 1.807) is 24.3 Å². The zero-order valence-electron chi connectivity index (χ0n) is 48.0. The van der Waals surface area contributed by atoms with Gasteiger partial charge < -0.3 is 13.7 Å². The molecule has 0 fully saturated rings. The lowest BCUT2D eigenvalue weighted by Crippen LogP contribution is -1.97. The monoisotopic (exact) mass is 671 g/mol. The molecule has 3 aromatic heterocycles. The number of aromatic nitrogens is 3.